The zero-order valence-corrected chi connectivity index (χ0v) is 10.9. The second kappa shape index (κ2) is 4.27. The van der Waals surface area contributed by atoms with Crippen LogP contribution in [0.15, 0.2) is 0 Å². The van der Waals surface area contributed by atoms with E-state index in [0.29, 0.717) is 5.91 Å². The van der Waals surface area contributed by atoms with Crippen LogP contribution in [0.4, 0.5) is 0 Å². The highest BCUT2D eigenvalue weighted by molar-refractivity contribution is 5.83. The van der Waals surface area contributed by atoms with E-state index in [9.17, 15) is 4.79 Å². The maximum absolute atomic E-state index is 12.7. The molecule has 0 radical (unpaired) electrons. The van der Waals surface area contributed by atoms with Crippen molar-refractivity contribution in [1.82, 2.24) is 10.2 Å². The van der Waals surface area contributed by atoms with E-state index in [1.54, 1.807) is 0 Å². The first-order chi connectivity index (χ1) is 8.25. The molecule has 2 aliphatic heterocycles. The van der Waals surface area contributed by atoms with Gasteiger partial charge in [-0.3, -0.25) is 4.79 Å². The van der Waals surface area contributed by atoms with Crippen molar-refractivity contribution in [3.05, 3.63) is 0 Å². The molecule has 0 aromatic carbocycles. The molecule has 0 bridgehead atoms. The topological polar surface area (TPSA) is 32.3 Å². The lowest BCUT2D eigenvalue weighted by Crippen LogP contribution is -2.44. The smallest absolute Gasteiger partial charge is 0.230 e. The molecule has 0 spiro atoms. The number of fused-ring (bicyclic) bond motifs is 1. The Morgan fingerprint density at radius 2 is 2.06 bits per heavy atom. The van der Waals surface area contributed by atoms with E-state index in [1.165, 1.54) is 19.3 Å². The molecule has 1 saturated carbocycles. The monoisotopic (exact) mass is 236 g/mol. The van der Waals surface area contributed by atoms with Crippen LogP contribution in [0.25, 0.3) is 0 Å². The first-order valence-electron chi connectivity index (χ1n) is 7.25. The first kappa shape index (κ1) is 11.5. The Kier molecular flexibility index (Phi) is 2.89. The van der Waals surface area contributed by atoms with Gasteiger partial charge in [0, 0.05) is 19.6 Å². The van der Waals surface area contributed by atoms with Gasteiger partial charge in [0.15, 0.2) is 0 Å². The summed E-state index contributed by atoms with van der Waals surface area (Å²) >= 11 is 0. The molecule has 0 aromatic rings. The summed E-state index contributed by atoms with van der Waals surface area (Å²) in [4.78, 5) is 14.9. The van der Waals surface area contributed by atoms with Crippen molar-refractivity contribution in [2.24, 2.45) is 17.3 Å². The van der Waals surface area contributed by atoms with Crippen LogP contribution in [0.3, 0.4) is 0 Å². The molecule has 96 valence electrons. The molecule has 2 saturated heterocycles. The number of hydrogen-bond donors (Lipinski definition) is 1. The van der Waals surface area contributed by atoms with Crippen LogP contribution in [-0.2, 0) is 4.79 Å². The summed E-state index contributed by atoms with van der Waals surface area (Å²) in [6, 6.07) is 0. The molecule has 3 atom stereocenters. The van der Waals surface area contributed by atoms with Crippen molar-refractivity contribution in [2.45, 2.75) is 39.0 Å². The summed E-state index contributed by atoms with van der Waals surface area (Å²) in [5.74, 6) is 2.09. The van der Waals surface area contributed by atoms with Crippen LogP contribution in [0, 0.1) is 17.3 Å². The number of rotatable bonds is 2. The minimum absolute atomic E-state index is 0.0708. The number of carbonyl (C=O) groups is 1. The number of hydrogen-bond acceptors (Lipinski definition) is 2. The normalized spacial score (nSPS) is 40.9. The van der Waals surface area contributed by atoms with Gasteiger partial charge in [0.05, 0.1) is 5.41 Å². The molecule has 1 amide bonds. The zero-order chi connectivity index (χ0) is 11.9. The number of likely N-dealkylation sites (tertiary alicyclic amines) is 1. The minimum atomic E-state index is -0.0708. The molecule has 3 fully saturated rings. The predicted molar refractivity (Wildman–Crippen MR) is 67.6 cm³/mol. The van der Waals surface area contributed by atoms with E-state index in [0.717, 1.165) is 50.9 Å². The van der Waals surface area contributed by atoms with Crippen molar-refractivity contribution in [1.29, 1.82) is 0 Å². The van der Waals surface area contributed by atoms with Gasteiger partial charge < -0.3 is 10.2 Å². The second-order valence-electron chi connectivity index (χ2n) is 6.22. The lowest BCUT2D eigenvalue weighted by molar-refractivity contribution is -0.140. The van der Waals surface area contributed by atoms with Crippen molar-refractivity contribution in [2.75, 3.05) is 26.2 Å². The Morgan fingerprint density at radius 3 is 2.59 bits per heavy atom. The van der Waals surface area contributed by atoms with Gasteiger partial charge in [0.1, 0.15) is 0 Å². The molecule has 3 rings (SSSR count). The fourth-order valence-electron chi connectivity index (χ4n) is 4.12. The van der Waals surface area contributed by atoms with Crippen LogP contribution in [0.5, 0.6) is 0 Å². The summed E-state index contributed by atoms with van der Waals surface area (Å²) in [6.07, 6.45) is 6.12. The van der Waals surface area contributed by atoms with Crippen molar-refractivity contribution in [3.63, 3.8) is 0 Å². The molecule has 3 unspecified atom stereocenters. The van der Waals surface area contributed by atoms with Crippen molar-refractivity contribution in [3.8, 4) is 0 Å². The van der Waals surface area contributed by atoms with Gasteiger partial charge in [0.25, 0.3) is 0 Å². The highest BCUT2D eigenvalue weighted by Crippen LogP contribution is 2.40. The molecule has 0 aromatic heterocycles. The van der Waals surface area contributed by atoms with E-state index in [4.69, 9.17) is 0 Å². The Bertz CT molecular complexity index is 297. The maximum Gasteiger partial charge on any atom is 0.230 e. The van der Waals surface area contributed by atoms with Gasteiger partial charge >= 0.3 is 0 Å². The summed E-state index contributed by atoms with van der Waals surface area (Å²) in [5, 5.41) is 3.37. The van der Waals surface area contributed by atoms with Crippen LogP contribution in [0.2, 0.25) is 0 Å². The van der Waals surface area contributed by atoms with Gasteiger partial charge in [-0.25, -0.2) is 0 Å². The molecule has 17 heavy (non-hydrogen) atoms. The van der Waals surface area contributed by atoms with Crippen LogP contribution >= 0.6 is 0 Å². The fourth-order valence-corrected chi connectivity index (χ4v) is 4.12. The highest BCUT2D eigenvalue weighted by atomic mass is 16.2. The summed E-state index contributed by atoms with van der Waals surface area (Å²) < 4.78 is 0. The summed E-state index contributed by atoms with van der Waals surface area (Å²) in [6.45, 7) is 6.17. The predicted octanol–water partition coefficient (Wildman–Crippen LogP) is 1.63. The number of nitrogens with zero attached hydrogens (tertiary/aromatic N) is 1. The fraction of sp³-hybridized carbons (Fsp3) is 0.929. The minimum Gasteiger partial charge on any atom is -0.342 e. The molecular formula is C14H24N2O. The molecule has 3 nitrogen and oxygen atoms in total. The first-order valence-corrected chi connectivity index (χ1v) is 7.25. The maximum atomic E-state index is 12.7. The Morgan fingerprint density at radius 1 is 1.35 bits per heavy atom. The Balaban J connectivity index is 1.70. The third-order valence-corrected chi connectivity index (χ3v) is 5.39. The molecule has 3 heteroatoms. The SMILES string of the molecule is CCC1(C(=O)N2CC3CCCC3C2)CCNC1. The number of amides is 1. The van der Waals surface area contributed by atoms with E-state index in [-0.39, 0.29) is 5.41 Å². The highest BCUT2D eigenvalue weighted by Gasteiger charge is 2.46. The second-order valence-corrected chi connectivity index (χ2v) is 6.22. The van der Waals surface area contributed by atoms with Gasteiger partial charge in [-0.2, -0.15) is 0 Å². The molecule has 2 heterocycles. The summed E-state index contributed by atoms with van der Waals surface area (Å²) in [5.41, 5.74) is -0.0708. The van der Waals surface area contributed by atoms with Crippen molar-refractivity contribution >= 4 is 5.91 Å². The standard InChI is InChI=1S/C14H24N2O/c1-2-14(6-7-15-10-14)13(17)16-8-11-4-3-5-12(11)9-16/h11-12,15H,2-10H2,1H3. The van der Waals surface area contributed by atoms with Gasteiger partial charge in [-0.1, -0.05) is 13.3 Å². The molecule has 1 N–H and O–H groups in total. The lowest BCUT2D eigenvalue weighted by Gasteiger charge is -2.31. The lowest BCUT2D eigenvalue weighted by atomic mass is 9.83. The van der Waals surface area contributed by atoms with E-state index >= 15 is 0 Å². The average molecular weight is 236 g/mol. The number of nitrogens with one attached hydrogen (secondary N) is 1. The van der Waals surface area contributed by atoms with Gasteiger partial charge in [-0.15, -0.1) is 0 Å². The van der Waals surface area contributed by atoms with E-state index in [2.05, 4.69) is 17.1 Å². The Labute approximate surface area is 104 Å². The number of carbonyl (C=O) groups excluding carboxylic acids is 1. The quantitative estimate of drug-likeness (QED) is 0.790. The zero-order valence-electron chi connectivity index (χ0n) is 10.9. The van der Waals surface area contributed by atoms with Crippen LogP contribution in [-0.4, -0.2) is 37.0 Å². The molecule has 3 aliphatic rings. The van der Waals surface area contributed by atoms with Crippen LogP contribution in [0.1, 0.15) is 39.0 Å². The molecule has 1 aliphatic carbocycles. The van der Waals surface area contributed by atoms with Gasteiger partial charge in [-0.05, 0) is 44.1 Å². The van der Waals surface area contributed by atoms with E-state index in [1.807, 2.05) is 0 Å². The average Bonchev–Trinajstić information content (AvgIpc) is 3.03. The largest absolute Gasteiger partial charge is 0.342 e. The van der Waals surface area contributed by atoms with Crippen molar-refractivity contribution < 1.29 is 4.79 Å². The third-order valence-electron chi connectivity index (χ3n) is 5.39. The van der Waals surface area contributed by atoms with Crippen LogP contribution < -0.4 is 5.32 Å². The third kappa shape index (κ3) is 1.79. The Hall–Kier alpha value is -0.570. The van der Waals surface area contributed by atoms with E-state index < -0.39 is 0 Å². The van der Waals surface area contributed by atoms with Gasteiger partial charge in [0.2, 0.25) is 5.91 Å². The summed E-state index contributed by atoms with van der Waals surface area (Å²) in [7, 11) is 0. The molecular weight excluding hydrogens is 212 g/mol.